The van der Waals surface area contributed by atoms with Crippen molar-refractivity contribution >= 4 is 28.1 Å². The van der Waals surface area contributed by atoms with Crippen molar-refractivity contribution in [3.63, 3.8) is 0 Å². The van der Waals surface area contributed by atoms with Crippen LogP contribution in [0.25, 0.3) is 0 Å². The molecule has 0 bridgehead atoms. The molecule has 0 saturated heterocycles. The Kier molecular flexibility index (Phi) is 9.63. The number of hydrogen-bond acceptors (Lipinski definition) is 3. The Morgan fingerprint density at radius 2 is 1.67 bits per heavy atom. The molecule has 0 aliphatic heterocycles. The molecule has 1 amide bonds. The highest BCUT2D eigenvalue weighted by atomic mass is 79.9. The Balaban J connectivity index is 1.69. The molecule has 0 fully saturated rings. The van der Waals surface area contributed by atoms with Crippen LogP contribution in [0.3, 0.4) is 0 Å². The second kappa shape index (κ2) is 12.3. The van der Waals surface area contributed by atoms with Crippen molar-refractivity contribution in [2.75, 3.05) is 6.61 Å². The summed E-state index contributed by atoms with van der Waals surface area (Å²) >= 11 is 3.34. The molecule has 0 saturated carbocycles. The van der Waals surface area contributed by atoms with Gasteiger partial charge in [-0.1, -0.05) is 55.0 Å². The first-order valence-corrected chi connectivity index (χ1v) is 10.3. The second-order valence-electron chi connectivity index (χ2n) is 6.39. The van der Waals surface area contributed by atoms with Crippen LogP contribution in [0.4, 0.5) is 0 Å². The van der Waals surface area contributed by atoms with E-state index in [0.29, 0.717) is 5.56 Å². The maximum absolute atomic E-state index is 12.0. The summed E-state index contributed by atoms with van der Waals surface area (Å²) in [6, 6.07) is 14.8. The standard InChI is InChI=1S/C22H27BrN2O2/c1-2-3-4-5-6-7-16-27-21-14-8-18(9-15-21)17-24-25-22(26)19-10-12-20(23)13-11-19/h8-15,17H,2-7,16H2,1H3,(H,25,26)/b24-17+. The Bertz CT molecular complexity index is 712. The number of hydrazone groups is 1. The summed E-state index contributed by atoms with van der Waals surface area (Å²) in [6.07, 6.45) is 9.15. The van der Waals surface area contributed by atoms with Crippen LogP contribution in [-0.2, 0) is 0 Å². The van der Waals surface area contributed by atoms with Crippen molar-refractivity contribution in [3.05, 3.63) is 64.1 Å². The van der Waals surface area contributed by atoms with E-state index < -0.39 is 0 Å². The van der Waals surface area contributed by atoms with Crippen LogP contribution in [0.15, 0.2) is 58.1 Å². The van der Waals surface area contributed by atoms with E-state index in [1.165, 1.54) is 32.1 Å². The Labute approximate surface area is 170 Å². The lowest BCUT2D eigenvalue weighted by Gasteiger charge is -2.06. The van der Waals surface area contributed by atoms with Crippen molar-refractivity contribution in [2.24, 2.45) is 5.10 Å². The molecule has 2 aromatic carbocycles. The van der Waals surface area contributed by atoms with E-state index in [1.807, 2.05) is 36.4 Å². The fraction of sp³-hybridized carbons (Fsp3) is 0.364. The molecule has 5 heteroatoms. The van der Waals surface area contributed by atoms with Crippen molar-refractivity contribution in [1.82, 2.24) is 5.43 Å². The smallest absolute Gasteiger partial charge is 0.271 e. The lowest BCUT2D eigenvalue weighted by atomic mass is 10.1. The number of amides is 1. The fourth-order valence-corrected chi connectivity index (χ4v) is 2.82. The lowest BCUT2D eigenvalue weighted by Crippen LogP contribution is -2.17. The molecule has 0 spiro atoms. The maximum atomic E-state index is 12.0. The van der Waals surface area contributed by atoms with Gasteiger partial charge in [-0.25, -0.2) is 5.43 Å². The van der Waals surface area contributed by atoms with E-state index >= 15 is 0 Å². The van der Waals surface area contributed by atoms with Crippen molar-refractivity contribution < 1.29 is 9.53 Å². The summed E-state index contributed by atoms with van der Waals surface area (Å²) in [4.78, 5) is 12.0. The van der Waals surface area contributed by atoms with Gasteiger partial charge >= 0.3 is 0 Å². The number of carbonyl (C=O) groups excluding carboxylic acids is 1. The topological polar surface area (TPSA) is 50.7 Å². The van der Waals surface area contributed by atoms with Crippen LogP contribution >= 0.6 is 15.9 Å². The first-order valence-electron chi connectivity index (χ1n) is 9.51. The summed E-state index contributed by atoms with van der Waals surface area (Å²) in [5, 5.41) is 4.00. The van der Waals surface area contributed by atoms with Crippen molar-refractivity contribution in [3.8, 4) is 5.75 Å². The van der Waals surface area contributed by atoms with Crippen molar-refractivity contribution in [2.45, 2.75) is 45.4 Å². The van der Waals surface area contributed by atoms with Gasteiger partial charge in [0.25, 0.3) is 5.91 Å². The van der Waals surface area contributed by atoms with Gasteiger partial charge in [0, 0.05) is 10.0 Å². The zero-order valence-electron chi connectivity index (χ0n) is 15.8. The van der Waals surface area contributed by atoms with E-state index in [0.717, 1.165) is 28.8 Å². The molecule has 0 heterocycles. The highest BCUT2D eigenvalue weighted by Crippen LogP contribution is 2.13. The van der Waals surface area contributed by atoms with E-state index in [1.54, 1.807) is 18.3 Å². The van der Waals surface area contributed by atoms with Crippen molar-refractivity contribution in [1.29, 1.82) is 0 Å². The molecule has 0 atom stereocenters. The third-order valence-electron chi connectivity index (χ3n) is 4.13. The van der Waals surface area contributed by atoms with Crippen LogP contribution in [0.5, 0.6) is 5.75 Å². The molecule has 27 heavy (non-hydrogen) atoms. The van der Waals surface area contributed by atoms with Crippen LogP contribution in [-0.4, -0.2) is 18.7 Å². The lowest BCUT2D eigenvalue weighted by molar-refractivity contribution is 0.0955. The van der Waals surface area contributed by atoms with Crippen LogP contribution in [0.2, 0.25) is 0 Å². The molecule has 0 aliphatic rings. The molecular weight excluding hydrogens is 404 g/mol. The Morgan fingerprint density at radius 1 is 1.00 bits per heavy atom. The molecule has 0 aromatic heterocycles. The Hall–Kier alpha value is -2.14. The van der Waals surface area contributed by atoms with Gasteiger partial charge in [-0.15, -0.1) is 0 Å². The SMILES string of the molecule is CCCCCCCCOc1ccc(/C=N/NC(=O)c2ccc(Br)cc2)cc1. The monoisotopic (exact) mass is 430 g/mol. The van der Waals surface area contributed by atoms with E-state index in [-0.39, 0.29) is 5.91 Å². The number of nitrogens with one attached hydrogen (secondary N) is 1. The number of ether oxygens (including phenoxy) is 1. The largest absolute Gasteiger partial charge is 0.494 e. The van der Waals surface area contributed by atoms with Gasteiger partial charge in [-0.05, 0) is 60.5 Å². The molecule has 2 aromatic rings. The molecular formula is C22H27BrN2O2. The molecule has 144 valence electrons. The fourth-order valence-electron chi connectivity index (χ4n) is 2.55. The minimum Gasteiger partial charge on any atom is -0.494 e. The predicted octanol–water partition coefficient (Wildman–Crippen LogP) is 5.95. The summed E-state index contributed by atoms with van der Waals surface area (Å²) in [5.41, 5.74) is 3.99. The molecule has 4 nitrogen and oxygen atoms in total. The van der Waals surface area contributed by atoms with Gasteiger partial charge in [0.2, 0.25) is 0 Å². The van der Waals surface area contributed by atoms with Crippen LogP contribution in [0, 0.1) is 0 Å². The first-order chi connectivity index (χ1) is 13.2. The second-order valence-corrected chi connectivity index (χ2v) is 7.31. The number of nitrogens with zero attached hydrogens (tertiary/aromatic N) is 1. The predicted molar refractivity (Wildman–Crippen MR) is 115 cm³/mol. The first kappa shape index (κ1) is 21.2. The molecule has 2 rings (SSSR count). The Morgan fingerprint density at radius 3 is 2.37 bits per heavy atom. The van der Waals surface area contributed by atoms with Crippen LogP contribution in [0.1, 0.15) is 61.4 Å². The molecule has 0 aliphatic carbocycles. The number of rotatable bonds is 11. The van der Waals surface area contributed by atoms with Gasteiger partial charge in [0.05, 0.1) is 12.8 Å². The van der Waals surface area contributed by atoms with E-state index in [2.05, 4.69) is 33.4 Å². The highest BCUT2D eigenvalue weighted by molar-refractivity contribution is 9.10. The third kappa shape index (κ3) is 8.39. The quantitative estimate of drug-likeness (QED) is 0.271. The maximum Gasteiger partial charge on any atom is 0.271 e. The number of unbranched alkanes of at least 4 members (excludes halogenated alkanes) is 5. The number of benzene rings is 2. The molecule has 0 unspecified atom stereocenters. The van der Waals surface area contributed by atoms with Gasteiger partial charge in [-0.2, -0.15) is 5.10 Å². The van der Waals surface area contributed by atoms with Gasteiger partial charge in [-0.3, -0.25) is 4.79 Å². The normalized spacial score (nSPS) is 10.9. The van der Waals surface area contributed by atoms with Gasteiger partial charge in [0.1, 0.15) is 5.75 Å². The summed E-state index contributed by atoms with van der Waals surface area (Å²) in [6.45, 7) is 2.98. The van der Waals surface area contributed by atoms with E-state index in [9.17, 15) is 4.79 Å². The average Bonchev–Trinajstić information content (AvgIpc) is 2.69. The number of hydrogen-bond donors (Lipinski definition) is 1. The summed E-state index contributed by atoms with van der Waals surface area (Å²) in [7, 11) is 0. The minimum absolute atomic E-state index is 0.238. The van der Waals surface area contributed by atoms with Gasteiger partial charge < -0.3 is 4.74 Å². The molecule has 0 radical (unpaired) electrons. The average molecular weight is 431 g/mol. The number of halogens is 1. The van der Waals surface area contributed by atoms with Gasteiger partial charge in [0.15, 0.2) is 0 Å². The van der Waals surface area contributed by atoms with E-state index in [4.69, 9.17) is 4.74 Å². The third-order valence-corrected chi connectivity index (χ3v) is 4.66. The molecule has 1 N–H and O–H groups in total. The zero-order valence-corrected chi connectivity index (χ0v) is 17.4. The summed E-state index contributed by atoms with van der Waals surface area (Å²) < 4.78 is 6.69. The highest BCUT2D eigenvalue weighted by Gasteiger charge is 2.03. The minimum atomic E-state index is -0.238. The summed E-state index contributed by atoms with van der Waals surface area (Å²) in [5.74, 6) is 0.622. The van der Waals surface area contributed by atoms with Crippen LogP contribution < -0.4 is 10.2 Å². The zero-order chi connectivity index (χ0) is 19.3. The number of carbonyl (C=O) groups is 1.